The summed E-state index contributed by atoms with van der Waals surface area (Å²) >= 11 is 7.84. The van der Waals surface area contributed by atoms with Gasteiger partial charge < -0.3 is 10.2 Å². The molecule has 1 N–H and O–H groups in total. The van der Waals surface area contributed by atoms with Crippen molar-refractivity contribution >= 4 is 34.8 Å². The Balaban J connectivity index is 1.50. The van der Waals surface area contributed by atoms with Crippen LogP contribution in [0.4, 0.5) is 0 Å². The van der Waals surface area contributed by atoms with Crippen molar-refractivity contribution in [2.45, 2.75) is 39.0 Å². The maximum absolute atomic E-state index is 12.7. The van der Waals surface area contributed by atoms with Gasteiger partial charge in [0.25, 0.3) is 5.91 Å². The number of likely N-dealkylation sites (tertiary alicyclic amines) is 1. The predicted octanol–water partition coefficient (Wildman–Crippen LogP) is 4.13. The van der Waals surface area contributed by atoms with Gasteiger partial charge in [-0.25, -0.2) is 4.98 Å². The van der Waals surface area contributed by atoms with Gasteiger partial charge in [0.2, 0.25) is 5.91 Å². The zero-order chi connectivity index (χ0) is 20.1. The van der Waals surface area contributed by atoms with Crippen LogP contribution in [0.15, 0.2) is 29.6 Å². The highest BCUT2D eigenvalue weighted by molar-refractivity contribution is 7.09. The van der Waals surface area contributed by atoms with Crippen molar-refractivity contribution in [3.8, 4) is 0 Å². The Bertz CT molecular complexity index is 829. The number of aromatic nitrogens is 1. The topological polar surface area (TPSA) is 62.3 Å². The van der Waals surface area contributed by atoms with Gasteiger partial charge >= 0.3 is 0 Å². The van der Waals surface area contributed by atoms with E-state index in [1.807, 2.05) is 30.9 Å². The molecule has 0 spiro atoms. The van der Waals surface area contributed by atoms with Crippen LogP contribution in [-0.2, 0) is 11.2 Å². The van der Waals surface area contributed by atoms with Crippen LogP contribution >= 0.6 is 22.9 Å². The molecule has 1 aromatic carbocycles. The van der Waals surface area contributed by atoms with Gasteiger partial charge in [-0.2, -0.15) is 0 Å². The van der Waals surface area contributed by atoms with E-state index in [1.165, 1.54) is 0 Å². The minimum Gasteiger partial charge on any atom is -0.355 e. The largest absolute Gasteiger partial charge is 0.355 e. The van der Waals surface area contributed by atoms with Crippen LogP contribution in [0.2, 0.25) is 5.02 Å². The first kappa shape index (κ1) is 20.8. The van der Waals surface area contributed by atoms with Crippen molar-refractivity contribution < 1.29 is 9.59 Å². The van der Waals surface area contributed by atoms with E-state index < -0.39 is 0 Å². The molecule has 1 aliphatic rings. The molecule has 28 heavy (non-hydrogen) atoms. The Morgan fingerprint density at radius 2 is 2.00 bits per heavy atom. The summed E-state index contributed by atoms with van der Waals surface area (Å²) in [6.45, 7) is 5.82. The number of carbonyl (C=O) groups excluding carboxylic acids is 2. The summed E-state index contributed by atoms with van der Waals surface area (Å²) in [5.74, 6) is 0.472. The highest BCUT2D eigenvalue weighted by Crippen LogP contribution is 2.31. The highest BCUT2D eigenvalue weighted by atomic mass is 35.5. The van der Waals surface area contributed by atoms with Crippen molar-refractivity contribution in [1.29, 1.82) is 0 Å². The van der Waals surface area contributed by atoms with Crippen molar-refractivity contribution in [2.24, 2.45) is 5.92 Å². The lowest BCUT2D eigenvalue weighted by atomic mass is 9.97. The second-order valence-electron chi connectivity index (χ2n) is 7.42. The molecule has 1 aliphatic heterocycles. The van der Waals surface area contributed by atoms with E-state index in [0.29, 0.717) is 36.1 Å². The first-order valence-electron chi connectivity index (χ1n) is 9.71. The molecule has 150 valence electrons. The Kier molecular flexibility index (Phi) is 7.08. The van der Waals surface area contributed by atoms with Crippen LogP contribution in [0.5, 0.6) is 0 Å². The average molecular weight is 420 g/mol. The molecule has 0 radical (unpaired) electrons. The van der Waals surface area contributed by atoms with E-state index in [4.69, 9.17) is 16.6 Å². The number of benzene rings is 1. The van der Waals surface area contributed by atoms with Gasteiger partial charge in [-0.1, -0.05) is 37.6 Å². The van der Waals surface area contributed by atoms with E-state index in [1.54, 1.807) is 23.5 Å². The Morgan fingerprint density at radius 1 is 1.29 bits per heavy atom. The molecule has 2 amide bonds. The first-order chi connectivity index (χ1) is 13.5. The smallest absolute Gasteiger partial charge is 0.255 e. The van der Waals surface area contributed by atoms with Crippen LogP contribution in [0, 0.1) is 5.92 Å². The molecule has 1 saturated heterocycles. The second-order valence-corrected chi connectivity index (χ2v) is 8.72. The molecule has 0 saturated carbocycles. The van der Waals surface area contributed by atoms with Crippen molar-refractivity contribution in [2.75, 3.05) is 19.6 Å². The lowest BCUT2D eigenvalue weighted by Gasteiger charge is -2.31. The number of nitrogens with zero attached hydrogens (tertiary/aromatic N) is 2. The van der Waals surface area contributed by atoms with Crippen LogP contribution in [0.3, 0.4) is 0 Å². The summed E-state index contributed by atoms with van der Waals surface area (Å²) in [7, 11) is 0. The Morgan fingerprint density at radius 3 is 2.68 bits per heavy atom. The van der Waals surface area contributed by atoms with Crippen LogP contribution < -0.4 is 5.32 Å². The van der Waals surface area contributed by atoms with Crippen molar-refractivity contribution in [3.05, 3.63) is 50.9 Å². The number of piperidine rings is 1. The summed E-state index contributed by atoms with van der Waals surface area (Å²) < 4.78 is 0. The van der Waals surface area contributed by atoms with E-state index in [0.717, 1.165) is 30.0 Å². The van der Waals surface area contributed by atoms with E-state index >= 15 is 0 Å². The molecular weight excluding hydrogens is 394 g/mol. The number of rotatable bonds is 6. The number of nitrogens with one attached hydrogen (secondary N) is 1. The third-order valence-electron chi connectivity index (χ3n) is 5.01. The number of amides is 2. The van der Waals surface area contributed by atoms with Gasteiger partial charge in [0, 0.05) is 43.3 Å². The van der Waals surface area contributed by atoms with Gasteiger partial charge in [0.05, 0.1) is 21.3 Å². The van der Waals surface area contributed by atoms with E-state index in [-0.39, 0.29) is 17.7 Å². The second kappa shape index (κ2) is 9.52. The zero-order valence-electron chi connectivity index (χ0n) is 16.3. The third-order valence-corrected chi connectivity index (χ3v) is 6.40. The van der Waals surface area contributed by atoms with E-state index in [2.05, 4.69) is 10.7 Å². The molecule has 0 unspecified atom stereocenters. The van der Waals surface area contributed by atoms with Crippen molar-refractivity contribution in [3.63, 3.8) is 0 Å². The summed E-state index contributed by atoms with van der Waals surface area (Å²) in [6.07, 6.45) is 2.57. The third kappa shape index (κ3) is 5.11. The predicted molar refractivity (Wildman–Crippen MR) is 113 cm³/mol. The normalized spacial score (nSPS) is 15.1. The fourth-order valence-corrected chi connectivity index (χ4v) is 4.52. The van der Waals surface area contributed by atoms with Crippen molar-refractivity contribution in [1.82, 2.24) is 15.2 Å². The summed E-state index contributed by atoms with van der Waals surface area (Å²) in [6, 6.07) is 7.20. The monoisotopic (exact) mass is 419 g/mol. The number of carbonyl (C=O) groups is 2. The number of halogens is 1. The number of thiazole rings is 1. The van der Waals surface area contributed by atoms with Crippen LogP contribution in [-0.4, -0.2) is 41.3 Å². The molecule has 1 aromatic heterocycles. The summed E-state index contributed by atoms with van der Waals surface area (Å²) in [4.78, 5) is 31.0. The van der Waals surface area contributed by atoms with Gasteiger partial charge in [0.15, 0.2) is 0 Å². The Hall–Kier alpha value is -1.92. The van der Waals surface area contributed by atoms with Crippen LogP contribution in [0.1, 0.15) is 53.7 Å². The highest BCUT2D eigenvalue weighted by Gasteiger charge is 2.27. The summed E-state index contributed by atoms with van der Waals surface area (Å²) in [5, 5.41) is 6.65. The quantitative estimate of drug-likeness (QED) is 0.765. The van der Waals surface area contributed by atoms with Gasteiger partial charge in [0.1, 0.15) is 0 Å². The fourth-order valence-electron chi connectivity index (χ4n) is 3.28. The van der Waals surface area contributed by atoms with Gasteiger partial charge in [-0.15, -0.1) is 11.3 Å². The minimum absolute atomic E-state index is 0.00431. The lowest BCUT2D eigenvalue weighted by molar-refractivity contribution is -0.123. The SMILES string of the molecule is CC(C)C(=O)NCCc1csc(C2CCN(C(=O)c3ccccc3Cl)CC2)n1. The standard InChI is InChI=1S/C21H26ClN3O2S/c1-14(2)19(26)23-10-7-16-13-28-20(24-16)15-8-11-25(12-9-15)21(27)17-5-3-4-6-18(17)22/h3-6,13-15H,7-12H2,1-2H3,(H,23,26). The molecule has 2 aromatic rings. The molecular formula is C21H26ClN3O2S. The molecule has 0 bridgehead atoms. The van der Waals surface area contributed by atoms with Crippen LogP contribution in [0.25, 0.3) is 0 Å². The fraction of sp³-hybridized carbons (Fsp3) is 0.476. The zero-order valence-corrected chi connectivity index (χ0v) is 17.9. The number of hydrogen-bond donors (Lipinski definition) is 1. The lowest BCUT2D eigenvalue weighted by Crippen LogP contribution is -2.38. The Labute approximate surface area is 175 Å². The average Bonchev–Trinajstić information content (AvgIpc) is 3.16. The first-order valence-corrected chi connectivity index (χ1v) is 11.0. The molecule has 2 heterocycles. The molecule has 0 atom stereocenters. The van der Waals surface area contributed by atoms with Gasteiger partial charge in [-0.3, -0.25) is 9.59 Å². The van der Waals surface area contributed by atoms with E-state index in [9.17, 15) is 9.59 Å². The molecule has 0 aliphatic carbocycles. The molecule has 5 nitrogen and oxygen atoms in total. The number of hydrogen-bond acceptors (Lipinski definition) is 4. The molecule has 1 fully saturated rings. The molecule has 3 rings (SSSR count). The molecule has 7 heteroatoms. The summed E-state index contributed by atoms with van der Waals surface area (Å²) in [5.41, 5.74) is 1.60. The maximum atomic E-state index is 12.7. The maximum Gasteiger partial charge on any atom is 0.255 e. The van der Waals surface area contributed by atoms with Gasteiger partial charge in [-0.05, 0) is 25.0 Å². The minimum atomic E-state index is 0.00431.